The molecular formula is C20H26N2O4. The molecule has 26 heavy (non-hydrogen) atoms. The minimum Gasteiger partial charge on any atom is -0.494 e. The molecule has 6 heteroatoms. The molecule has 2 aromatic carbocycles. The lowest BCUT2D eigenvalue weighted by molar-refractivity contribution is -0.114. The summed E-state index contributed by atoms with van der Waals surface area (Å²) in [5.74, 6) is 1.34. The lowest BCUT2D eigenvalue weighted by atomic mass is 10.3. The van der Waals surface area contributed by atoms with E-state index in [1.54, 1.807) is 7.11 Å². The quantitative estimate of drug-likeness (QED) is 0.601. The zero-order valence-electron chi connectivity index (χ0n) is 15.3. The van der Waals surface area contributed by atoms with Crippen LogP contribution in [0.25, 0.3) is 0 Å². The number of ether oxygens (including phenoxy) is 3. The number of carbonyl (C=O) groups excluding carboxylic acids is 1. The van der Waals surface area contributed by atoms with Crippen LogP contribution in [0.2, 0.25) is 0 Å². The minimum absolute atomic E-state index is 0.136. The lowest BCUT2D eigenvalue weighted by Crippen LogP contribution is -2.21. The van der Waals surface area contributed by atoms with E-state index in [0.29, 0.717) is 25.5 Å². The molecule has 0 aliphatic carbocycles. The van der Waals surface area contributed by atoms with Gasteiger partial charge in [0.15, 0.2) is 0 Å². The fourth-order valence-corrected chi connectivity index (χ4v) is 2.21. The molecule has 0 saturated heterocycles. The number of rotatable bonds is 11. The first-order valence-electron chi connectivity index (χ1n) is 8.69. The van der Waals surface area contributed by atoms with E-state index in [1.165, 1.54) is 0 Å². The van der Waals surface area contributed by atoms with Crippen LogP contribution >= 0.6 is 0 Å². The molecule has 140 valence electrons. The van der Waals surface area contributed by atoms with Gasteiger partial charge in [-0.3, -0.25) is 4.79 Å². The normalized spacial score (nSPS) is 10.2. The third-order valence-corrected chi connectivity index (χ3v) is 3.43. The largest absolute Gasteiger partial charge is 0.494 e. The molecule has 2 aromatic rings. The summed E-state index contributed by atoms with van der Waals surface area (Å²) in [5, 5.41) is 5.95. The van der Waals surface area contributed by atoms with Crippen molar-refractivity contribution in [3.63, 3.8) is 0 Å². The summed E-state index contributed by atoms with van der Waals surface area (Å²) in [6.45, 7) is 3.87. The van der Waals surface area contributed by atoms with Gasteiger partial charge < -0.3 is 24.8 Å². The topological polar surface area (TPSA) is 68.8 Å². The fraction of sp³-hybridized carbons (Fsp3) is 0.350. The molecule has 0 heterocycles. The average molecular weight is 358 g/mol. The fourth-order valence-electron chi connectivity index (χ4n) is 2.21. The summed E-state index contributed by atoms with van der Waals surface area (Å²) >= 11 is 0. The molecule has 1 amide bonds. The van der Waals surface area contributed by atoms with Gasteiger partial charge in [0.2, 0.25) is 5.91 Å². The van der Waals surface area contributed by atoms with Crippen LogP contribution in [0.1, 0.15) is 13.3 Å². The minimum atomic E-state index is -0.136. The Kier molecular flexibility index (Phi) is 8.29. The highest BCUT2D eigenvalue weighted by Crippen LogP contribution is 2.19. The van der Waals surface area contributed by atoms with Gasteiger partial charge in [-0.05, 0) is 30.7 Å². The van der Waals surface area contributed by atoms with Gasteiger partial charge in [-0.2, -0.15) is 0 Å². The van der Waals surface area contributed by atoms with E-state index >= 15 is 0 Å². The lowest BCUT2D eigenvalue weighted by Gasteiger charge is -2.11. The molecule has 2 rings (SSSR count). The summed E-state index contributed by atoms with van der Waals surface area (Å²) < 4.78 is 16.1. The van der Waals surface area contributed by atoms with Crippen LogP contribution in [0.3, 0.4) is 0 Å². The molecule has 0 fully saturated rings. The Labute approximate surface area is 154 Å². The molecule has 6 nitrogen and oxygen atoms in total. The number of nitrogens with one attached hydrogen (secondary N) is 2. The summed E-state index contributed by atoms with van der Waals surface area (Å²) in [6, 6.07) is 14.9. The Hall–Kier alpha value is -2.73. The second-order valence-corrected chi connectivity index (χ2v) is 5.65. The van der Waals surface area contributed by atoms with E-state index in [4.69, 9.17) is 14.2 Å². The maximum absolute atomic E-state index is 12.1. The molecule has 0 spiro atoms. The van der Waals surface area contributed by atoms with E-state index < -0.39 is 0 Å². The van der Waals surface area contributed by atoms with Crippen LogP contribution in [0.4, 0.5) is 11.4 Å². The van der Waals surface area contributed by atoms with Gasteiger partial charge in [0.25, 0.3) is 0 Å². The molecule has 0 aliphatic heterocycles. The molecule has 0 bridgehead atoms. The number of anilines is 2. The second kappa shape index (κ2) is 11.0. The van der Waals surface area contributed by atoms with Crippen molar-refractivity contribution in [3.8, 4) is 11.5 Å². The molecule has 2 N–H and O–H groups in total. The Morgan fingerprint density at radius 3 is 2.27 bits per heavy atom. The van der Waals surface area contributed by atoms with Gasteiger partial charge in [0, 0.05) is 30.6 Å². The smallest absolute Gasteiger partial charge is 0.243 e. The van der Waals surface area contributed by atoms with Crippen molar-refractivity contribution in [2.24, 2.45) is 0 Å². The SMILES string of the molecule is CCCOc1cccc(NC(=O)CNc2cccc(OCCOC)c2)c1. The first kappa shape index (κ1) is 19.6. The van der Waals surface area contributed by atoms with E-state index in [1.807, 2.05) is 48.5 Å². The number of hydrogen-bond donors (Lipinski definition) is 2. The molecule has 0 aromatic heterocycles. The highest BCUT2D eigenvalue weighted by atomic mass is 16.5. The number of hydrogen-bond acceptors (Lipinski definition) is 5. The highest BCUT2D eigenvalue weighted by Gasteiger charge is 2.04. The first-order chi connectivity index (χ1) is 12.7. The number of carbonyl (C=O) groups is 1. The van der Waals surface area contributed by atoms with Crippen molar-refractivity contribution < 1.29 is 19.0 Å². The van der Waals surface area contributed by atoms with Crippen molar-refractivity contribution in [2.75, 3.05) is 44.1 Å². The molecular weight excluding hydrogens is 332 g/mol. The molecule has 0 radical (unpaired) electrons. The van der Waals surface area contributed by atoms with E-state index in [2.05, 4.69) is 17.6 Å². The standard InChI is InChI=1S/C20H26N2O4/c1-3-10-25-19-9-5-7-17(14-19)22-20(23)15-21-16-6-4-8-18(13-16)26-12-11-24-2/h4-9,13-14,21H,3,10-12,15H2,1-2H3,(H,22,23). The Morgan fingerprint density at radius 1 is 0.923 bits per heavy atom. The zero-order chi connectivity index (χ0) is 18.6. The molecule has 0 atom stereocenters. The highest BCUT2D eigenvalue weighted by molar-refractivity contribution is 5.93. The second-order valence-electron chi connectivity index (χ2n) is 5.65. The van der Waals surface area contributed by atoms with Crippen molar-refractivity contribution in [1.29, 1.82) is 0 Å². The maximum Gasteiger partial charge on any atom is 0.243 e. The van der Waals surface area contributed by atoms with Crippen LogP contribution in [0.15, 0.2) is 48.5 Å². The Balaban J connectivity index is 1.82. The van der Waals surface area contributed by atoms with Crippen LogP contribution in [-0.2, 0) is 9.53 Å². The number of amides is 1. The maximum atomic E-state index is 12.1. The summed E-state index contributed by atoms with van der Waals surface area (Å²) in [4.78, 5) is 12.1. The number of benzene rings is 2. The van der Waals surface area contributed by atoms with Crippen LogP contribution in [0.5, 0.6) is 11.5 Å². The van der Waals surface area contributed by atoms with Gasteiger partial charge in [0.05, 0.1) is 19.8 Å². The van der Waals surface area contributed by atoms with Crippen molar-refractivity contribution in [1.82, 2.24) is 0 Å². The third kappa shape index (κ3) is 7.03. The van der Waals surface area contributed by atoms with E-state index in [9.17, 15) is 4.79 Å². The first-order valence-corrected chi connectivity index (χ1v) is 8.69. The van der Waals surface area contributed by atoms with Gasteiger partial charge in [0.1, 0.15) is 18.1 Å². The van der Waals surface area contributed by atoms with Gasteiger partial charge >= 0.3 is 0 Å². The van der Waals surface area contributed by atoms with Crippen LogP contribution in [0, 0.1) is 0 Å². The van der Waals surface area contributed by atoms with Crippen LogP contribution in [-0.4, -0.2) is 39.4 Å². The van der Waals surface area contributed by atoms with Gasteiger partial charge in [-0.1, -0.05) is 19.1 Å². The summed E-state index contributed by atoms with van der Waals surface area (Å²) in [6.07, 6.45) is 0.939. The van der Waals surface area contributed by atoms with Crippen LogP contribution < -0.4 is 20.1 Å². The third-order valence-electron chi connectivity index (χ3n) is 3.43. The molecule has 0 saturated carbocycles. The summed E-state index contributed by atoms with van der Waals surface area (Å²) in [5.41, 5.74) is 1.53. The molecule has 0 aliphatic rings. The van der Waals surface area contributed by atoms with Gasteiger partial charge in [-0.15, -0.1) is 0 Å². The summed E-state index contributed by atoms with van der Waals surface area (Å²) in [7, 11) is 1.63. The van der Waals surface area contributed by atoms with E-state index in [-0.39, 0.29) is 12.5 Å². The van der Waals surface area contributed by atoms with Gasteiger partial charge in [-0.25, -0.2) is 0 Å². The zero-order valence-corrected chi connectivity index (χ0v) is 15.3. The monoisotopic (exact) mass is 358 g/mol. The van der Waals surface area contributed by atoms with Crippen molar-refractivity contribution in [3.05, 3.63) is 48.5 Å². The Bertz CT molecular complexity index is 691. The Morgan fingerprint density at radius 2 is 1.58 bits per heavy atom. The van der Waals surface area contributed by atoms with Crippen molar-refractivity contribution in [2.45, 2.75) is 13.3 Å². The predicted molar refractivity (Wildman–Crippen MR) is 103 cm³/mol. The van der Waals surface area contributed by atoms with E-state index in [0.717, 1.165) is 23.6 Å². The van der Waals surface area contributed by atoms with Crippen molar-refractivity contribution >= 4 is 17.3 Å². The average Bonchev–Trinajstić information content (AvgIpc) is 2.66. The predicted octanol–water partition coefficient (Wildman–Crippen LogP) is 3.55. The molecule has 0 unspecified atom stereocenters. The number of methoxy groups -OCH3 is 1.